The summed E-state index contributed by atoms with van der Waals surface area (Å²) in [5, 5.41) is 42.1. The van der Waals surface area contributed by atoms with Crippen molar-refractivity contribution in [2.45, 2.75) is 114 Å². The van der Waals surface area contributed by atoms with Crippen molar-refractivity contribution in [3.63, 3.8) is 0 Å². The molecule has 4 aromatic carbocycles. The summed E-state index contributed by atoms with van der Waals surface area (Å²) in [4.78, 5) is 116. The second-order valence-corrected chi connectivity index (χ2v) is 22.0. The van der Waals surface area contributed by atoms with E-state index in [9.17, 15) is 48.6 Å². The van der Waals surface area contributed by atoms with Gasteiger partial charge in [0.1, 0.15) is 48.0 Å². The van der Waals surface area contributed by atoms with Gasteiger partial charge in [0.05, 0.1) is 12.1 Å². The van der Waals surface area contributed by atoms with Crippen LogP contribution in [-0.2, 0) is 57.6 Å². The van der Waals surface area contributed by atoms with Gasteiger partial charge in [-0.25, -0.2) is 0 Å². The van der Waals surface area contributed by atoms with Gasteiger partial charge in [-0.15, -0.1) is 0 Å². The third-order valence-corrected chi connectivity index (χ3v) is 15.5. The lowest BCUT2D eigenvalue weighted by Gasteiger charge is -2.29. The SMILES string of the molecule is CC(C)[C@@H]1NC(=O)[C@H](CCCCN)NC(=O)[C@@H](Cc2c[nH]c3ccccc23)NC(=O)[C@H](Cc2ccc(O)cc2)NC(=O)[C@@H](NC(=O)[C@H](N)Cc2ccc3ccccc3c2)CSSCC(C(=O)N[C@H](C(N)=O)[C@@H](C)O)NC1=O. The number of rotatable bonds is 17. The van der Waals surface area contributed by atoms with Crippen LogP contribution in [0.25, 0.3) is 21.7 Å². The van der Waals surface area contributed by atoms with Crippen LogP contribution in [0.1, 0.15) is 56.7 Å². The molecule has 1 unspecified atom stereocenters. The number of benzene rings is 4. The third-order valence-electron chi connectivity index (χ3n) is 13.1. The van der Waals surface area contributed by atoms with Gasteiger partial charge in [0.2, 0.25) is 47.3 Å². The lowest BCUT2D eigenvalue weighted by atomic mass is 10.00. The Bertz CT molecular complexity index is 2890. The Morgan fingerprint density at radius 3 is 2.03 bits per heavy atom. The van der Waals surface area contributed by atoms with Gasteiger partial charge in [0.25, 0.3) is 0 Å². The molecule has 9 atom stereocenters. The van der Waals surface area contributed by atoms with Crippen LogP contribution in [0.15, 0.2) is 97.2 Å². The molecule has 0 saturated carbocycles. The Hall–Kier alpha value is -7.18. The molecule has 5 aromatic rings. The quantitative estimate of drug-likeness (QED) is 0.0453. The van der Waals surface area contributed by atoms with Crippen LogP contribution in [0.5, 0.6) is 5.75 Å². The molecule has 1 aliphatic rings. The fourth-order valence-electron chi connectivity index (χ4n) is 8.71. The summed E-state index contributed by atoms with van der Waals surface area (Å²) in [6.07, 6.45) is 1.05. The first kappa shape index (κ1) is 59.1. The Balaban J connectivity index is 1.39. The minimum atomic E-state index is -1.55. The molecule has 21 nitrogen and oxygen atoms in total. The molecule has 0 radical (unpaired) electrons. The number of nitrogens with two attached hydrogens (primary N) is 3. The molecule has 1 saturated heterocycles. The van der Waals surface area contributed by atoms with Gasteiger partial charge < -0.3 is 69.6 Å². The average molecular weight is 1100 g/mol. The van der Waals surface area contributed by atoms with Gasteiger partial charge in [-0.3, -0.25) is 38.4 Å². The number of nitrogens with one attached hydrogen (secondary N) is 8. The standard InChI is InChI=1S/C54H69N11O10S2/c1-29(2)45-54(75)63-44(53(74)65-46(30(3)66)47(57)68)28-77-76-27-43(62-48(69)38(56)23-32-15-18-33-10-4-5-11-34(33)22-32)52(73)60-41(24-31-16-19-36(67)20-17-31)50(71)61-42(25-35-26-58-39-13-7-6-12-37(35)39)51(72)59-40(49(70)64-45)14-8-9-21-55/h4-7,10-13,15-20,22,26,29-30,38,40-46,58,66-67H,8-9,14,21,23-25,27-28,55-56H2,1-3H3,(H2,57,68)(H,59,72)(H,60,73)(H,61,71)(H,62,69)(H,63,75)(H,64,70)(H,65,74)/t30-,38-,40+,41+,42-,43+,44?,45+,46+/m1/s1. The maximum absolute atomic E-state index is 14.9. The zero-order valence-electron chi connectivity index (χ0n) is 43.1. The Labute approximate surface area is 453 Å². The predicted molar refractivity (Wildman–Crippen MR) is 296 cm³/mol. The fourth-order valence-corrected chi connectivity index (χ4v) is 11.0. The highest BCUT2D eigenvalue weighted by molar-refractivity contribution is 8.76. The molecule has 0 bridgehead atoms. The number of hydrogen-bond donors (Lipinski definition) is 13. The molecule has 0 spiro atoms. The summed E-state index contributed by atoms with van der Waals surface area (Å²) in [6.45, 7) is 4.85. The second kappa shape index (κ2) is 28.3. The summed E-state index contributed by atoms with van der Waals surface area (Å²) in [5.41, 5.74) is 20.5. The molecular formula is C54H69N11O10S2. The maximum Gasteiger partial charge on any atom is 0.244 e. The van der Waals surface area contributed by atoms with Crippen molar-refractivity contribution in [3.05, 3.63) is 114 Å². The molecule has 23 heteroatoms. The monoisotopic (exact) mass is 1100 g/mol. The molecule has 0 aliphatic carbocycles. The van der Waals surface area contributed by atoms with Gasteiger partial charge in [-0.05, 0) is 90.7 Å². The summed E-state index contributed by atoms with van der Waals surface area (Å²) < 4.78 is 0. The van der Waals surface area contributed by atoms with Gasteiger partial charge in [0, 0.05) is 41.4 Å². The van der Waals surface area contributed by atoms with Gasteiger partial charge in [0.15, 0.2) is 0 Å². The van der Waals surface area contributed by atoms with Crippen molar-refractivity contribution in [2.24, 2.45) is 23.1 Å². The molecular weight excluding hydrogens is 1030 g/mol. The van der Waals surface area contributed by atoms with Gasteiger partial charge in [-0.2, -0.15) is 0 Å². The van der Waals surface area contributed by atoms with Crippen LogP contribution < -0.4 is 54.4 Å². The lowest BCUT2D eigenvalue weighted by Crippen LogP contribution is -2.62. The average Bonchev–Trinajstić information content (AvgIpc) is 3.81. The van der Waals surface area contributed by atoms with Gasteiger partial charge >= 0.3 is 0 Å². The highest BCUT2D eigenvalue weighted by atomic mass is 33.1. The van der Waals surface area contributed by atoms with E-state index in [0.717, 1.165) is 48.8 Å². The fraction of sp³-hybridized carbons (Fsp3) is 0.407. The van der Waals surface area contributed by atoms with E-state index in [1.165, 1.54) is 19.1 Å². The number of carbonyl (C=O) groups is 8. The minimum Gasteiger partial charge on any atom is -0.508 e. The Morgan fingerprint density at radius 1 is 0.714 bits per heavy atom. The number of carbonyl (C=O) groups excluding carboxylic acids is 8. The van der Waals surface area contributed by atoms with E-state index in [2.05, 4.69) is 42.2 Å². The first-order valence-corrected chi connectivity index (χ1v) is 27.9. The number of phenols is 1. The van der Waals surface area contributed by atoms with E-state index in [4.69, 9.17) is 17.2 Å². The van der Waals surface area contributed by atoms with Crippen LogP contribution >= 0.6 is 21.6 Å². The van der Waals surface area contributed by atoms with E-state index in [1.54, 1.807) is 32.2 Å². The van der Waals surface area contributed by atoms with Crippen molar-refractivity contribution in [3.8, 4) is 5.75 Å². The number of aliphatic hydroxyl groups is 1. The van der Waals surface area contributed by atoms with E-state index in [1.807, 2.05) is 66.7 Å². The molecule has 77 heavy (non-hydrogen) atoms. The zero-order chi connectivity index (χ0) is 55.8. The van der Waals surface area contributed by atoms with E-state index in [0.29, 0.717) is 24.0 Å². The van der Waals surface area contributed by atoms with Crippen LogP contribution in [0, 0.1) is 5.92 Å². The number of para-hydroxylation sites is 1. The largest absolute Gasteiger partial charge is 0.508 e. The van der Waals surface area contributed by atoms with Crippen molar-refractivity contribution < 1.29 is 48.6 Å². The molecule has 1 aromatic heterocycles. The van der Waals surface area contributed by atoms with Crippen LogP contribution in [0.4, 0.5) is 0 Å². The number of aromatic hydroxyl groups is 1. The predicted octanol–water partition coefficient (Wildman–Crippen LogP) is 0.822. The highest BCUT2D eigenvalue weighted by Crippen LogP contribution is 2.25. The summed E-state index contributed by atoms with van der Waals surface area (Å²) in [5.74, 6) is -7.66. The van der Waals surface area contributed by atoms with E-state index >= 15 is 0 Å². The topological polar surface area (TPSA) is 355 Å². The van der Waals surface area contributed by atoms with E-state index < -0.39 is 108 Å². The molecule has 1 aliphatic heterocycles. The summed E-state index contributed by atoms with van der Waals surface area (Å²) in [6, 6.07) is 15.8. The highest BCUT2D eigenvalue weighted by Gasteiger charge is 2.36. The first-order chi connectivity index (χ1) is 36.8. The lowest BCUT2D eigenvalue weighted by molar-refractivity contribution is -0.136. The van der Waals surface area contributed by atoms with E-state index in [-0.39, 0.29) is 49.5 Å². The number of amides is 8. The van der Waals surface area contributed by atoms with Gasteiger partial charge in [-0.1, -0.05) is 108 Å². The number of fused-ring (bicyclic) bond motifs is 2. The van der Waals surface area contributed by atoms with Crippen molar-refractivity contribution in [1.29, 1.82) is 0 Å². The van der Waals surface area contributed by atoms with Crippen molar-refractivity contribution in [1.82, 2.24) is 42.2 Å². The smallest absolute Gasteiger partial charge is 0.244 e. The minimum absolute atomic E-state index is 0.0501. The number of unbranched alkanes of at least 4 members (excludes halogenated alkanes) is 1. The number of aromatic amines is 1. The van der Waals surface area contributed by atoms with Crippen LogP contribution in [0.2, 0.25) is 0 Å². The molecule has 6 rings (SSSR count). The van der Waals surface area contributed by atoms with Crippen LogP contribution in [0.3, 0.4) is 0 Å². The number of aromatic nitrogens is 1. The normalized spacial score (nSPS) is 21.6. The third kappa shape index (κ3) is 16.9. The number of hydrogen-bond acceptors (Lipinski definition) is 14. The maximum atomic E-state index is 14.9. The number of phenolic OH excluding ortho intramolecular Hbond substituents is 1. The molecule has 412 valence electrons. The Morgan fingerprint density at radius 2 is 1.34 bits per heavy atom. The second-order valence-electron chi connectivity index (χ2n) is 19.4. The molecule has 16 N–H and O–H groups in total. The number of H-pyrrole nitrogens is 1. The zero-order valence-corrected chi connectivity index (χ0v) is 44.7. The molecule has 1 fully saturated rings. The van der Waals surface area contributed by atoms with Crippen molar-refractivity contribution >= 4 is 90.5 Å². The molecule has 8 amide bonds. The number of aliphatic hydroxyl groups excluding tert-OH is 1. The Kier molecular flexibility index (Phi) is 21.7. The van der Waals surface area contributed by atoms with Crippen molar-refractivity contribution in [2.75, 3.05) is 18.1 Å². The number of primary amides is 1. The van der Waals surface area contributed by atoms with Crippen LogP contribution in [-0.4, -0.2) is 135 Å². The summed E-state index contributed by atoms with van der Waals surface area (Å²) in [7, 11) is 2.03. The first-order valence-electron chi connectivity index (χ1n) is 25.4. The summed E-state index contributed by atoms with van der Waals surface area (Å²) >= 11 is 0. The molecule has 2 heterocycles.